The SMILES string of the molecule is Cn1cncc1C(C#N)Nc1ccc(Cl)cc1. The molecular weight excluding hydrogens is 236 g/mol. The Labute approximate surface area is 104 Å². The quantitative estimate of drug-likeness (QED) is 0.906. The summed E-state index contributed by atoms with van der Waals surface area (Å²) >= 11 is 5.80. The number of anilines is 1. The van der Waals surface area contributed by atoms with Gasteiger partial charge in [-0.25, -0.2) is 4.98 Å². The Bertz CT molecular complexity index is 538. The molecule has 0 saturated carbocycles. The van der Waals surface area contributed by atoms with Gasteiger partial charge in [-0.3, -0.25) is 0 Å². The summed E-state index contributed by atoms with van der Waals surface area (Å²) in [4.78, 5) is 4.00. The zero-order valence-corrected chi connectivity index (χ0v) is 10.0. The summed E-state index contributed by atoms with van der Waals surface area (Å²) in [6.45, 7) is 0. The molecule has 0 spiro atoms. The van der Waals surface area contributed by atoms with Gasteiger partial charge in [0.25, 0.3) is 0 Å². The molecule has 0 radical (unpaired) electrons. The number of benzene rings is 1. The Morgan fingerprint density at radius 3 is 2.65 bits per heavy atom. The number of halogens is 1. The topological polar surface area (TPSA) is 53.6 Å². The number of nitriles is 1. The van der Waals surface area contributed by atoms with Crippen LogP contribution in [0.4, 0.5) is 5.69 Å². The van der Waals surface area contributed by atoms with Gasteiger partial charge in [-0.1, -0.05) is 11.6 Å². The summed E-state index contributed by atoms with van der Waals surface area (Å²) in [5.41, 5.74) is 1.67. The Morgan fingerprint density at radius 2 is 2.12 bits per heavy atom. The zero-order chi connectivity index (χ0) is 12.3. The third-order valence-electron chi connectivity index (χ3n) is 2.43. The third kappa shape index (κ3) is 2.58. The van der Waals surface area contributed by atoms with E-state index in [-0.39, 0.29) is 0 Å². The number of hydrogen-bond acceptors (Lipinski definition) is 3. The number of aromatic nitrogens is 2. The van der Waals surface area contributed by atoms with E-state index in [1.807, 2.05) is 23.7 Å². The fourth-order valence-corrected chi connectivity index (χ4v) is 1.66. The smallest absolute Gasteiger partial charge is 0.156 e. The molecule has 0 aliphatic heterocycles. The van der Waals surface area contributed by atoms with E-state index in [4.69, 9.17) is 16.9 Å². The van der Waals surface area contributed by atoms with E-state index in [2.05, 4.69) is 16.4 Å². The predicted molar refractivity (Wildman–Crippen MR) is 66.6 cm³/mol. The normalized spacial score (nSPS) is 11.8. The van der Waals surface area contributed by atoms with Crippen molar-refractivity contribution in [3.63, 3.8) is 0 Å². The summed E-state index contributed by atoms with van der Waals surface area (Å²) in [6.07, 6.45) is 3.35. The first-order valence-electron chi connectivity index (χ1n) is 5.08. The van der Waals surface area contributed by atoms with E-state index in [1.54, 1.807) is 24.7 Å². The van der Waals surface area contributed by atoms with Crippen LogP contribution < -0.4 is 5.32 Å². The largest absolute Gasteiger partial charge is 0.365 e. The van der Waals surface area contributed by atoms with Crippen LogP contribution in [0.5, 0.6) is 0 Å². The molecule has 5 heteroatoms. The first kappa shape index (κ1) is 11.5. The number of aryl methyl sites for hydroxylation is 1. The zero-order valence-electron chi connectivity index (χ0n) is 9.26. The molecular formula is C12H11ClN4. The van der Waals surface area contributed by atoms with Gasteiger partial charge in [0.1, 0.15) is 0 Å². The number of imidazole rings is 1. The predicted octanol–water partition coefficient (Wildman–Crippen LogP) is 2.75. The second kappa shape index (κ2) is 4.89. The minimum atomic E-state index is -0.427. The molecule has 0 fully saturated rings. The van der Waals surface area contributed by atoms with Crippen LogP contribution in [0.25, 0.3) is 0 Å². The van der Waals surface area contributed by atoms with Crippen LogP contribution in [0.2, 0.25) is 5.02 Å². The van der Waals surface area contributed by atoms with Crippen molar-refractivity contribution in [1.29, 1.82) is 5.26 Å². The van der Waals surface area contributed by atoms with E-state index in [0.29, 0.717) is 5.02 Å². The van der Waals surface area contributed by atoms with E-state index in [1.165, 1.54) is 0 Å². The van der Waals surface area contributed by atoms with Crippen LogP contribution in [0, 0.1) is 11.3 Å². The fourth-order valence-electron chi connectivity index (χ4n) is 1.53. The second-order valence-corrected chi connectivity index (χ2v) is 4.08. The maximum atomic E-state index is 9.16. The molecule has 0 saturated heterocycles. The average Bonchev–Trinajstić information content (AvgIpc) is 2.75. The second-order valence-electron chi connectivity index (χ2n) is 3.64. The van der Waals surface area contributed by atoms with Crippen molar-refractivity contribution < 1.29 is 0 Å². The molecule has 1 aromatic heterocycles. The summed E-state index contributed by atoms with van der Waals surface area (Å²) in [7, 11) is 1.86. The van der Waals surface area contributed by atoms with Crippen LogP contribution in [-0.4, -0.2) is 9.55 Å². The monoisotopic (exact) mass is 246 g/mol. The summed E-state index contributed by atoms with van der Waals surface area (Å²) < 4.78 is 1.82. The molecule has 0 amide bonds. The maximum Gasteiger partial charge on any atom is 0.156 e. The Kier molecular flexibility index (Phi) is 3.31. The van der Waals surface area contributed by atoms with Crippen LogP contribution in [-0.2, 0) is 7.05 Å². The lowest BCUT2D eigenvalue weighted by molar-refractivity contribution is 0.799. The molecule has 2 aromatic rings. The Morgan fingerprint density at radius 1 is 1.41 bits per heavy atom. The van der Waals surface area contributed by atoms with E-state index in [9.17, 15) is 0 Å². The summed E-state index contributed by atoms with van der Waals surface area (Å²) in [5, 5.41) is 12.9. The molecule has 0 aliphatic rings. The van der Waals surface area contributed by atoms with Gasteiger partial charge in [-0.05, 0) is 24.3 Å². The van der Waals surface area contributed by atoms with Crippen LogP contribution >= 0.6 is 11.6 Å². The first-order chi connectivity index (χ1) is 8.20. The van der Waals surface area contributed by atoms with E-state index >= 15 is 0 Å². The van der Waals surface area contributed by atoms with Gasteiger partial charge in [0.2, 0.25) is 0 Å². The summed E-state index contributed by atoms with van der Waals surface area (Å²) in [6, 6.07) is 9.01. The molecule has 1 N–H and O–H groups in total. The molecule has 17 heavy (non-hydrogen) atoms. The van der Waals surface area contributed by atoms with Crippen molar-refractivity contribution in [2.24, 2.45) is 7.05 Å². The van der Waals surface area contributed by atoms with Gasteiger partial charge in [-0.2, -0.15) is 5.26 Å². The third-order valence-corrected chi connectivity index (χ3v) is 2.69. The Balaban J connectivity index is 2.19. The van der Waals surface area contributed by atoms with Crippen LogP contribution in [0.3, 0.4) is 0 Å². The lowest BCUT2D eigenvalue weighted by Gasteiger charge is -2.13. The van der Waals surface area contributed by atoms with Gasteiger partial charge in [-0.15, -0.1) is 0 Å². The minimum Gasteiger partial charge on any atom is -0.365 e. The van der Waals surface area contributed by atoms with Crippen molar-refractivity contribution in [2.75, 3.05) is 5.32 Å². The number of hydrogen-bond donors (Lipinski definition) is 1. The highest BCUT2D eigenvalue weighted by Gasteiger charge is 2.13. The average molecular weight is 247 g/mol. The van der Waals surface area contributed by atoms with Gasteiger partial charge in [0.05, 0.1) is 24.3 Å². The van der Waals surface area contributed by atoms with Crippen molar-refractivity contribution >= 4 is 17.3 Å². The fraction of sp³-hybridized carbons (Fsp3) is 0.167. The maximum absolute atomic E-state index is 9.16. The molecule has 1 aromatic carbocycles. The molecule has 1 unspecified atom stereocenters. The van der Waals surface area contributed by atoms with Crippen molar-refractivity contribution in [3.05, 3.63) is 47.5 Å². The molecule has 0 aliphatic carbocycles. The van der Waals surface area contributed by atoms with Crippen molar-refractivity contribution in [1.82, 2.24) is 9.55 Å². The van der Waals surface area contributed by atoms with Crippen molar-refractivity contribution in [3.8, 4) is 6.07 Å². The number of rotatable bonds is 3. The van der Waals surface area contributed by atoms with Crippen molar-refractivity contribution in [2.45, 2.75) is 6.04 Å². The Hall–Kier alpha value is -1.99. The van der Waals surface area contributed by atoms with Gasteiger partial charge in [0, 0.05) is 17.8 Å². The lowest BCUT2D eigenvalue weighted by atomic mass is 10.2. The van der Waals surface area contributed by atoms with Gasteiger partial charge < -0.3 is 9.88 Å². The number of nitrogens with zero attached hydrogens (tertiary/aromatic N) is 3. The molecule has 0 bridgehead atoms. The highest BCUT2D eigenvalue weighted by atomic mass is 35.5. The lowest BCUT2D eigenvalue weighted by Crippen LogP contribution is -2.11. The minimum absolute atomic E-state index is 0.427. The van der Waals surface area contributed by atoms with Gasteiger partial charge in [0.15, 0.2) is 6.04 Å². The van der Waals surface area contributed by atoms with Gasteiger partial charge >= 0.3 is 0 Å². The van der Waals surface area contributed by atoms with Crippen LogP contribution in [0.15, 0.2) is 36.8 Å². The molecule has 4 nitrogen and oxygen atoms in total. The standard InChI is InChI=1S/C12H11ClN4/c1-17-8-15-7-12(17)11(6-14)16-10-4-2-9(13)3-5-10/h2-5,7-8,11,16H,1H3. The van der Waals surface area contributed by atoms with E-state index < -0.39 is 6.04 Å². The molecule has 2 rings (SSSR count). The number of nitrogens with one attached hydrogen (secondary N) is 1. The van der Waals surface area contributed by atoms with Crippen LogP contribution in [0.1, 0.15) is 11.7 Å². The highest BCUT2D eigenvalue weighted by Crippen LogP contribution is 2.20. The first-order valence-corrected chi connectivity index (χ1v) is 5.46. The molecule has 1 atom stereocenters. The van der Waals surface area contributed by atoms with E-state index in [0.717, 1.165) is 11.4 Å². The highest BCUT2D eigenvalue weighted by molar-refractivity contribution is 6.30. The molecule has 1 heterocycles. The summed E-state index contributed by atoms with van der Waals surface area (Å²) in [5.74, 6) is 0. The molecule has 86 valence electrons.